The van der Waals surface area contributed by atoms with E-state index in [4.69, 9.17) is 0 Å². The maximum atomic E-state index is 12.6. The number of carbonyl (C=O) groups is 1. The van der Waals surface area contributed by atoms with Gasteiger partial charge < -0.3 is 10.6 Å². The second-order valence-electron chi connectivity index (χ2n) is 7.01. The van der Waals surface area contributed by atoms with Gasteiger partial charge in [-0.15, -0.1) is 0 Å². The van der Waals surface area contributed by atoms with Gasteiger partial charge in [-0.1, -0.05) is 24.6 Å². The summed E-state index contributed by atoms with van der Waals surface area (Å²) < 4.78 is 26.8. The summed E-state index contributed by atoms with van der Waals surface area (Å²) in [5, 5.41) is 5.83. The fourth-order valence-electron chi connectivity index (χ4n) is 3.26. The first-order valence-corrected chi connectivity index (χ1v) is 10.9. The second kappa shape index (κ2) is 8.70. The SMILES string of the molecule is Cc1cccc(C)c1NC(=O)CNc1ccc(S(=O)(=O)N2CCCCC2)cn1. The van der Waals surface area contributed by atoms with Crippen molar-refractivity contribution >= 4 is 27.4 Å². The molecule has 0 unspecified atom stereocenters. The van der Waals surface area contributed by atoms with E-state index in [9.17, 15) is 13.2 Å². The summed E-state index contributed by atoms with van der Waals surface area (Å²) in [5.41, 5.74) is 2.81. The highest BCUT2D eigenvalue weighted by atomic mass is 32.2. The first kappa shape index (κ1) is 20.3. The topological polar surface area (TPSA) is 91.4 Å². The van der Waals surface area contributed by atoms with Crippen LogP contribution in [0, 0.1) is 13.8 Å². The molecule has 3 rings (SSSR count). The number of pyridine rings is 1. The van der Waals surface area contributed by atoms with Crippen molar-refractivity contribution in [3.8, 4) is 0 Å². The largest absolute Gasteiger partial charge is 0.361 e. The first-order valence-electron chi connectivity index (χ1n) is 9.44. The van der Waals surface area contributed by atoms with Gasteiger partial charge in [0.1, 0.15) is 10.7 Å². The lowest BCUT2D eigenvalue weighted by Gasteiger charge is -2.25. The maximum Gasteiger partial charge on any atom is 0.244 e. The number of rotatable bonds is 6. The van der Waals surface area contributed by atoms with Crippen molar-refractivity contribution in [3.63, 3.8) is 0 Å². The molecule has 0 saturated carbocycles. The molecular formula is C20H26N4O3S. The van der Waals surface area contributed by atoms with Gasteiger partial charge in [0, 0.05) is 25.0 Å². The minimum atomic E-state index is -3.50. The number of hydrogen-bond acceptors (Lipinski definition) is 5. The summed E-state index contributed by atoms with van der Waals surface area (Å²) in [6.07, 6.45) is 4.19. The number of piperidine rings is 1. The summed E-state index contributed by atoms with van der Waals surface area (Å²) in [7, 11) is -3.50. The maximum absolute atomic E-state index is 12.6. The number of anilines is 2. The van der Waals surface area contributed by atoms with E-state index in [1.54, 1.807) is 6.07 Å². The Bertz CT molecular complexity index is 916. The fourth-order valence-corrected chi connectivity index (χ4v) is 4.72. The lowest BCUT2D eigenvalue weighted by atomic mass is 10.1. The minimum absolute atomic E-state index is 0.0407. The van der Waals surface area contributed by atoms with E-state index in [-0.39, 0.29) is 17.3 Å². The number of carbonyl (C=O) groups excluding carboxylic acids is 1. The third-order valence-electron chi connectivity index (χ3n) is 4.86. The number of benzene rings is 1. The lowest BCUT2D eigenvalue weighted by molar-refractivity contribution is -0.114. The van der Waals surface area contributed by atoms with Crippen LogP contribution in [0.3, 0.4) is 0 Å². The average molecular weight is 403 g/mol. The van der Waals surface area contributed by atoms with E-state index in [1.165, 1.54) is 16.6 Å². The number of aromatic nitrogens is 1. The smallest absolute Gasteiger partial charge is 0.244 e. The van der Waals surface area contributed by atoms with E-state index in [0.717, 1.165) is 36.1 Å². The normalized spacial score (nSPS) is 15.2. The zero-order valence-electron chi connectivity index (χ0n) is 16.2. The van der Waals surface area contributed by atoms with Gasteiger partial charge in [-0.25, -0.2) is 13.4 Å². The Morgan fingerprint density at radius 2 is 1.75 bits per heavy atom. The van der Waals surface area contributed by atoms with E-state index < -0.39 is 10.0 Å². The van der Waals surface area contributed by atoms with Crippen molar-refractivity contribution in [2.45, 2.75) is 38.0 Å². The predicted molar refractivity (Wildman–Crippen MR) is 110 cm³/mol. The Hall–Kier alpha value is -2.45. The number of nitrogens with one attached hydrogen (secondary N) is 2. The summed E-state index contributed by atoms with van der Waals surface area (Å²) >= 11 is 0. The van der Waals surface area contributed by atoms with Crippen LogP contribution in [0.1, 0.15) is 30.4 Å². The molecule has 0 aliphatic carbocycles. The highest BCUT2D eigenvalue weighted by Gasteiger charge is 2.26. The van der Waals surface area contributed by atoms with Crippen LogP contribution in [-0.2, 0) is 14.8 Å². The lowest BCUT2D eigenvalue weighted by Crippen LogP contribution is -2.35. The number of nitrogens with zero attached hydrogens (tertiary/aromatic N) is 2. The molecule has 1 amide bonds. The van der Waals surface area contributed by atoms with Crippen molar-refractivity contribution in [1.29, 1.82) is 0 Å². The Morgan fingerprint density at radius 3 is 2.36 bits per heavy atom. The highest BCUT2D eigenvalue weighted by molar-refractivity contribution is 7.89. The van der Waals surface area contributed by atoms with Crippen molar-refractivity contribution in [2.75, 3.05) is 30.3 Å². The molecule has 1 aliphatic heterocycles. The highest BCUT2D eigenvalue weighted by Crippen LogP contribution is 2.21. The number of hydrogen-bond donors (Lipinski definition) is 2. The quantitative estimate of drug-likeness (QED) is 0.775. The molecule has 28 heavy (non-hydrogen) atoms. The van der Waals surface area contributed by atoms with E-state index in [0.29, 0.717) is 18.9 Å². The van der Waals surface area contributed by atoms with Gasteiger partial charge in [-0.05, 0) is 49.9 Å². The van der Waals surface area contributed by atoms with E-state index in [2.05, 4.69) is 15.6 Å². The molecule has 1 aromatic heterocycles. The number of para-hydroxylation sites is 1. The van der Waals surface area contributed by atoms with E-state index >= 15 is 0 Å². The van der Waals surface area contributed by atoms with Crippen molar-refractivity contribution in [3.05, 3.63) is 47.7 Å². The molecule has 1 fully saturated rings. The van der Waals surface area contributed by atoms with Crippen LogP contribution in [0.2, 0.25) is 0 Å². The Morgan fingerprint density at radius 1 is 1.07 bits per heavy atom. The number of amides is 1. The summed E-state index contributed by atoms with van der Waals surface area (Å²) in [4.78, 5) is 16.6. The molecule has 0 radical (unpaired) electrons. The molecule has 1 aromatic carbocycles. The van der Waals surface area contributed by atoms with Gasteiger partial charge in [0.15, 0.2) is 0 Å². The van der Waals surface area contributed by atoms with Crippen LogP contribution >= 0.6 is 0 Å². The van der Waals surface area contributed by atoms with Crippen molar-refractivity contribution in [1.82, 2.24) is 9.29 Å². The molecule has 7 nitrogen and oxygen atoms in total. The van der Waals surface area contributed by atoms with Crippen LogP contribution in [0.4, 0.5) is 11.5 Å². The van der Waals surface area contributed by atoms with Crippen molar-refractivity contribution < 1.29 is 13.2 Å². The fraction of sp³-hybridized carbons (Fsp3) is 0.400. The molecule has 2 aromatic rings. The monoisotopic (exact) mass is 402 g/mol. The summed E-state index contributed by atoms with van der Waals surface area (Å²) in [5.74, 6) is 0.262. The van der Waals surface area contributed by atoms with Crippen molar-refractivity contribution in [2.24, 2.45) is 0 Å². The van der Waals surface area contributed by atoms with Gasteiger partial charge in [0.05, 0.1) is 6.54 Å². The van der Waals surface area contributed by atoms with Crippen LogP contribution in [-0.4, -0.2) is 43.2 Å². The van der Waals surface area contributed by atoms with Crippen LogP contribution in [0.15, 0.2) is 41.4 Å². The molecule has 8 heteroatoms. The molecule has 150 valence electrons. The summed E-state index contributed by atoms with van der Waals surface area (Å²) in [6, 6.07) is 8.95. The average Bonchev–Trinajstić information content (AvgIpc) is 2.70. The molecule has 2 heterocycles. The van der Waals surface area contributed by atoms with Crippen LogP contribution < -0.4 is 10.6 Å². The minimum Gasteiger partial charge on any atom is -0.361 e. The molecule has 2 N–H and O–H groups in total. The van der Waals surface area contributed by atoms with Gasteiger partial charge in [-0.3, -0.25) is 4.79 Å². The number of sulfonamides is 1. The Kier molecular flexibility index (Phi) is 6.31. The summed E-state index contributed by atoms with van der Waals surface area (Å²) in [6.45, 7) is 5.04. The standard InChI is InChI=1S/C20H26N4O3S/c1-15-7-6-8-16(2)20(15)23-19(25)14-22-18-10-9-17(13-21-18)28(26,27)24-11-4-3-5-12-24/h6-10,13H,3-5,11-12,14H2,1-2H3,(H,21,22)(H,23,25). The number of aryl methyl sites for hydroxylation is 2. The third-order valence-corrected chi connectivity index (χ3v) is 6.75. The second-order valence-corrected chi connectivity index (χ2v) is 8.95. The van der Waals surface area contributed by atoms with Gasteiger partial charge in [0.2, 0.25) is 15.9 Å². The Labute approximate surface area is 166 Å². The molecule has 0 atom stereocenters. The third kappa shape index (κ3) is 4.69. The van der Waals surface area contributed by atoms with E-state index in [1.807, 2.05) is 32.0 Å². The van der Waals surface area contributed by atoms with Crippen LogP contribution in [0.25, 0.3) is 0 Å². The van der Waals surface area contributed by atoms with Crippen LogP contribution in [0.5, 0.6) is 0 Å². The zero-order chi connectivity index (χ0) is 20.1. The van der Waals surface area contributed by atoms with Gasteiger partial charge in [0.25, 0.3) is 0 Å². The molecule has 0 bridgehead atoms. The van der Waals surface area contributed by atoms with Gasteiger partial charge in [-0.2, -0.15) is 4.31 Å². The molecule has 0 spiro atoms. The molecular weight excluding hydrogens is 376 g/mol. The zero-order valence-corrected chi connectivity index (χ0v) is 17.1. The van der Waals surface area contributed by atoms with Gasteiger partial charge >= 0.3 is 0 Å². The Balaban J connectivity index is 1.59. The predicted octanol–water partition coefficient (Wildman–Crippen LogP) is 2.92. The molecule has 1 saturated heterocycles. The first-order chi connectivity index (χ1) is 13.4. The molecule has 1 aliphatic rings.